The van der Waals surface area contributed by atoms with Gasteiger partial charge in [-0.25, -0.2) is 0 Å². The van der Waals surface area contributed by atoms with Gasteiger partial charge in [0.15, 0.2) is 5.82 Å². The van der Waals surface area contributed by atoms with Crippen LogP contribution >= 0.6 is 0 Å². The lowest BCUT2D eigenvalue weighted by Gasteiger charge is -2.36. The van der Waals surface area contributed by atoms with Crippen molar-refractivity contribution in [2.45, 2.75) is 6.92 Å². The van der Waals surface area contributed by atoms with Gasteiger partial charge in [0.2, 0.25) is 11.8 Å². The van der Waals surface area contributed by atoms with Crippen LogP contribution in [-0.4, -0.2) is 91.9 Å². The number of anilines is 1. The molecule has 9 nitrogen and oxygen atoms in total. The van der Waals surface area contributed by atoms with E-state index in [2.05, 4.69) is 15.1 Å². The van der Waals surface area contributed by atoms with E-state index < -0.39 is 0 Å². The van der Waals surface area contributed by atoms with E-state index in [-0.39, 0.29) is 18.4 Å². The summed E-state index contributed by atoms with van der Waals surface area (Å²) in [5, 5.41) is 8.73. The summed E-state index contributed by atoms with van der Waals surface area (Å²) < 4.78 is 10.3. The molecule has 31 heavy (non-hydrogen) atoms. The summed E-state index contributed by atoms with van der Waals surface area (Å²) >= 11 is 0. The summed E-state index contributed by atoms with van der Waals surface area (Å²) in [7, 11) is 3.21. The number of aromatic nitrogens is 2. The Bertz CT molecular complexity index is 882. The van der Waals surface area contributed by atoms with Crippen molar-refractivity contribution in [3.8, 4) is 17.0 Å². The molecule has 0 atom stereocenters. The van der Waals surface area contributed by atoms with Gasteiger partial charge in [-0.2, -0.15) is 0 Å². The zero-order valence-corrected chi connectivity index (χ0v) is 18.3. The normalized spacial score (nSPS) is 13.8. The van der Waals surface area contributed by atoms with E-state index in [1.54, 1.807) is 19.1 Å². The van der Waals surface area contributed by atoms with Crippen molar-refractivity contribution in [1.82, 2.24) is 20.0 Å². The van der Waals surface area contributed by atoms with Crippen LogP contribution in [0.2, 0.25) is 0 Å². The van der Waals surface area contributed by atoms with E-state index >= 15 is 0 Å². The first-order chi connectivity index (χ1) is 15.0. The van der Waals surface area contributed by atoms with Crippen LogP contribution in [0.4, 0.5) is 5.82 Å². The number of methoxy groups -OCH3 is 2. The molecule has 1 aromatic heterocycles. The Kier molecular flexibility index (Phi) is 7.77. The number of carbonyl (C=O) groups excluding carboxylic acids is 2. The van der Waals surface area contributed by atoms with Gasteiger partial charge in [0.25, 0.3) is 0 Å². The Hall–Kier alpha value is -3.20. The topological polar surface area (TPSA) is 88.1 Å². The van der Waals surface area contributed by atoms with E-state index in [1.165, 1.54) is 11.8 Å². The van der Waals surface area contributed by atoms with Gasteiger partial charge in [-0.3, -0.25) is 9.59 Å². The second kappa shape index (κ2) is 10.7. The number of ether oxygens (including phenoxy) is 2. The molecule has 2 heterocycles. The van der Waals surface area contributed by atoms with Gasteiger partial charge in [-0.1, -0.05) is 12.1 Å². The summed E-state index contributed by atoms with van der Waals surface area (Å²) in [6.07, 6.45) is 0. The number of nitrogens with zero attached hydrogens (tertiary/aromatic N) is 5. The van der Waals surface area contributed by atoms with Crippen molar-refractivity contribution in [2.75, 3.05) is 65.0 Å². The molecule has 0 spiro atoms. The monoisotopic (exact) mass is 427 g/mol. The lowest BCUT2D eigenvalue weighted by atomic mass is 10.1. The fourth-order valence-corrected chi connectivity index (χ4v) is 3.43. The van der Waals surface area contributed by atoms with Crippen molar-refractivity contribution in [1.29, 1.82) is 0 Å². The summed E-state index contributed by atoms with van der Waals surface area (Å²) in [4.78, 5) is 29.8. The summed E-state index contributed by atoms with van der Waals surface area (Å²) in [6, 6.07) is 11.6. The van der Waals surface area contributed by atoms with Gasteiger partial charge in [0.1, 0.15) is 5.75 Å². The molecule has 0 radical (unpaired) electrons. The number of rotatable bonds is 8. The molecule has 0 bridgehead atoms. The third-order valence-electron chi connectivity index (χ3n) is 5.31. The first-order valence-electron chi connectivity index (χ1n) is 10.3. The number of benzene rings is 1. The van der Waals surface area contributed by atoms with Gasteiger partial charge < -0.3 is 24.2 Å². The molecule has 1 aliphatic rings. The molecular formula is C22H29N5O4. The van der Waals surface area contributed by atoms with Crippen LogP contribution in [0.3, 0.4) is 0 Å². The Morgan fingerprint density at radius 2 is 1.84 bits per heavy atom. The van der Waals surface area contributed by atoms with Crippen molar-refractivity contribution >= 4 is 17.6 Å². The van der Waals surface area contributed by atoms with Gasteiger partial charge in [0, 0.05) is 52.3 Å². The first-order valence-corrected chi connectivity index (χ1v) is 10.3. The highest BCUT2D eigenvalue weighted by molar-refractivity contribution is 5.84. The number of carbonyl (C=O) groups is 2. The summed E-state index contributed by atoms with van der Waals surface area (Å²) in [5.41, 5.74) is 1.72. The highest BCUT2D eigenvalue weighted by Crippen LogP contribution is 2.23. The molecule has 1 saturated heterocycles. The highest BCUT2D eigenvalue weighted by Gasteiger charge is 2.24. The highest BCUT2D eigenvalue weighted by atomic mass is 16.5. The molecule has 2 aromatic rings. The molecule has 1 fully saturated rings. The molecule has 3 rings (SSSR count). The number of amides is 2. The second-order valence-corrected chi connectivity index (χ2v) is 7.31. The molecule has 1 aliphatic heterocycles. The molecule has 1 aromatic carbocycles. The fourth-order valence-electron chi connectivity index (χ4n) is 3.43. The zero-order chi connectivity index (χ0) is 22.2. The predicted molar refractivity (Wildman–Crippen MR) is 117 cm³/mol. The van der Waals surface area contributed by atoms with Crippen molar-refractivity contribution in [2.24, 2.45) is 0 Å². The van der Waals surface area contributed by atoms with Crippen LogP contribution in [0.1, 0.15) is 6.92 Å². The van der Waals surface area contributed by atoms with E-state index in [4.69, 9.17) is 9.47 Å². The minimum absolute atomic E-state index is 0.0505. The molecule has 0 aliphatic carbocycles. The Morgan fingerprint density at radius 3 is 2.45 bits per heavy atom. The Morgan fingerprint density at radius 1 is 1.06 bits per heavy atom. The van der Waals surface area contributed by atoms with Gasteiger partial charge in [-0.15, -0.1) is 10.2 Å². The fraction of sp³-hybridized carbons (Fsp3) is 0.455. The third-order valence-corrected chi connectivity index (χ3v) is 5.31. The van der Waals surface area contributed by atoms with Crippen LogP contribution in [0.25, 0.3) is 11.3 Å². The SMILES string of the molecule is COCCN(CC(=O)N1CCN(c2ccc(-c3cccc(OC)c3)nn2)CC1)C(C)=O. The minimum atomic E-state index is -0.129. The zero-order valence-electron chi connectivity index (χ0n) is 18.3. The Balaban J connectivity index is 1.55. The second-order valence-electron chi connectivity index (χ2n) is 7.31. The molecule has 166 valence electrons. The summed E-state index contributed by atoms with van der Waals surface area (Å²) in [6.45, 7) is 4.84. The van der Waals surface area contributed by atoms with Crippen LogP contribution in [0, 0.1) is 0 Å². The van der Waals surface area contributed by atoms with Crippen LogP contribution in [0.15, 0.2) is 36.4 Å². The van der Waals surface area contributed by atoms with Gasteiger partial charge >= 0.3 is 0 Å². The average Bonchev–Trinajstić information content (AvgIpc) is 2.81. The van der Waals surface area contributed by atoms with Crippen molar-refractivity contribution in [3.05, 3.63) is 36.4 Å². The van der Waals surface area contributed by atoms with Crippen LogP contribution in [0.5, 0.6) is 5.75 Å². The molecule has 0 N–H and O–H groups in total. The maximum atomic E-state index is 12.6. The van der Waals surface area contributed by atoms with E-state index in [0.29, 0.717) is 39.3 Å². The summed E-state index contributed by atoms with van der Waals surface area (Å²) in [5.74, 6) is 1.37. The predicted octanol–water partition coefficient (Wildman–Crippen LogP) is 1.30. The molecular weight excluding hydrogens is 398 g/mol. The Labute approximate surface area is 182 Å². The van der Waals surface area contributed by atoms with E-state index in [9.17, 15) is 9.59 Å². The van der Waals surface area contributed by atoms with Crippen molar-refractivity contribution in [3.63, 3.8) is 0 Å². The largest absolute Gasteiger partial charge is 0.497 e. The van der Waals surface area contributed by atoms with Crippen LogP contribution < -0.4 is 9.64 Å². The van der Waals surface area contributed by atoms with Gasteiger partial charge in [0.05, 0.1) is 26.0 Å². The quantitative estimate of drug-likeness (QED) is 0.627. The maximum absolute atomic E-state index is 12.6. The minimum Gasteiger partial charge on any atom is -0.497 e. The first kappa shape index (κ1) is 22.5. The standard InChI is InChI=1S/C22H29N5O4/c1-17(28)27(13-14-30-2)16-22(29)26-11-9-25(10-12-26)21-8-7-20(23-24-21)18-5-4-6-19(15-18)31-3/h4-8,15H,9-14,16H2,1-3H3. The number of piperazine rings is 1. The molecule has 9 heteroatoms. The smallest absolute Gasteiger partial charge is 0.242 e. The van der Waals surface area contributed by atoms with Crippen molar-refractivity contribution < 1.29 is 19.1 Å². The lowest BCUT2D eigenvalue weighted by Crippen LogP contribution is -2.52. The van der Waals surface area contributed by atoms with E-state index in [1.807, 2.05) is 36.4 Å². The average molecular weight is 428 g/mol. The molecule has 0 unspecified atom stereocenters. The maximum Gasteiger partial charge on any atom is 0.242 e. The molecule has 0 saturated carbocycles. The van der Waals surface area contributed by atoms with Gasteiger partial charge in [-0.05, 0) is 24.3 Å². The lowest BCUT2D eigenvalue weighted by molar-refractivity contribution is -0.140. The number of hydrogen-bond acceptors (Lipinski definition) is 7. The number of hydrogen-bond donors (Lipinski definition) is 0. The molecule has 2 amide bonds. The van der Waals surface area contributed by atoms with E-state index in [0.717, 1.165) is 22.8 Å². The third kappa shape index (κ3) is 5.91. The van der Waals surface area contributed by atoms with Crippen LogP contribution in [-0.2, 0) is 14.3 Å².